The maximum absolute atomic E-state index is 10.8. The van der Waals surface area contributed by atoms with Crippen LogP contribution in [0.2, 0.25) is 0 Å². The van der Waals surface area contributed by atoms with Crippen LogP contribution in [0.1, 0.15) is 13.3 Å². The zero-order chi connectivity index (χ0) is 8.04. The Kier molecular flexibility index (Phi) is 4.59. The molecule has 0 unspecified atom stereocenters. The lowest BCUT2D eigenvalue weighted by Crippen LogP contribution is -2.30. The summed E-state index contributed by atoms with van der Waals surface area (Å²) in [5.41, 5.74) is 5.10. The molecule has 0 amide bonds. The Labute approximate surface area is 61.8 Å². The van der Waals surface area contributed by atoms with Crippen LogP contribution < -0.4 is 10.5 Å². The van der Waals surface area contributed by atoms with Crippen molar-refractivity contribution in [2.24, 2.45) is 5.73 Å². The van der Waals surface area contributed by atoms with E-state index in [4.69, 9.17) is 5.73 Å². The van der Waals surface area contributed by atoms with Gasteiger partial charge in [-0.3, -0.25) is 0 Å². The quantitative estimate of drug-likeness (QED) is 0.566. The molecule has 0 spiro atoms. The van der Waals surface area contributed by atoms with Crippen LogP contribution in [0.15, 0.2) is 0 Å². The van der Waals surface area contributed by atoms with Gasteiger partial charge in [-0.2, -0.15) is 0 Å². The average molecular weight is 166 g/mol. The third-order valence-corrected chi connectivity index (χ3v) is 2.53. The van der Waals surface area contributed by atoms with E-state index in [1.165, 1.54) is 0 Å². The summed E-state index contributed by atoms with van der Waals surface area (Å²) in [5, 5.41) is 0. The Morgan fingerprint density at radius 2 is 2.10 bits per heavy atom. The summed E-state index contributed by atoms with van der Waals surface area (Å²) in [6.07, 6.45) is 0.639. The highest BCUT2D eigenvalue weighted by molar-refractivity contribution is 7.89. The van der Waals surface area contributed by atoms with Crippen molar-refractivity contribution >= 4 is 10.0 Å². The number of rotatable bonds is 5. The average Bonchev–Trinajstić information content (AvgIpc) is 1.84. The van der Waals surface area contributed by atoms with Gasteiger partial charge < -0.3 is 5.73 Å². The van der Waals surface area contributed by atoms with Crippen LogP contribution in [0.4, 0.5) is 0 Å². The number of hydrogen-bond donors (Lipinski definition) is 2. The van der Waals surface area contributed by atoms with Gasteiger partial charge in [0.15, 0.2) is 0 Å². The first-order chi connectivity index (χ1) is 4.62. The van der Waals surface area contributed by atoms with Gasteiger partial charge in [0, 0.05) is 13.1 Å². The van der Waals surface area contributed by atoms with Gasteiger partial charge in [0.05, 0.1) is 5.75 Å². The minimum atomic E-state index is -3.02. The van der Waals surface area contributed by atoms with Crippen molar-refractivity contribution in [3.05, 3.63) is 0 Å². The van der Waals surface area contributed by atoms with Crippen molar-refractivity contribution in [2.45, 2.75) is 13.3 Å². The smallest absolute Gasteiger partial charge is 0.211 e. The fourth-order valence-electron chi connectivity index (χ4n) is 0.555. The van der Waals surface area contributed by atoms with Crippen LogP contribution in [0, 0.1) is 0 Å². The molecule has 0 saturated carbocycles. The lowest BCUT2D eigenvalue weighted by molar-refractivity contribution is 0.581. The maximum atomic E-state index is 10.8. The third kappa shape index (κ3) is 4.72. The van der Waals surface area contributed by atoms with Crippen molar-refractivity contribution < 1.29 is 8.42 Å². The molecular formula is C5H14N2O2S. The molecule has 4 nitrogen and oxygen atoms in total. The van der Waals surface area contributed by atoms with Crippen molar-refractivity contribution in [1.82, 2.24) is 4.72 Å². The number of nitrogens with one attached hydrogen (secondary N) is 1. The van der Waals surface area contributed by atoms with E-state index in [0.717, 1.165) is 0 Å². The highest BCUT2D eigenvalue weighted by Crippen LogP contribution is 1.85. The molecule has 0 aliphatic carbocycles. The summed E-state index contributed by atoms with van der Waals surface area (Å²) in [4.78, 5) is 0. The fourth-order valence-corrected chi connectivity index (χ4v) is 1.67. The summed E-state index contributed by atoms with van der Waals surface area (Å²) in [7, 11) is -3.02. The van der Waals surface area contributed by atoms with E-state index in [1.807, 2.05) is 6.92 Å². The summed E-state index contributed by atoms with van der Waals surface area (Å²) >= 11 is 0. The van der Waals surface area contributed by atoms with Crippen LogP contribution in [-0.2, 0) is 10.0 Å². The van der Waals surface area contributed by atoms with Crippen LogP contribution in [0.5, 0.6) is 0 Å². The normalized spacial score (nSPS) is 11.8. The predicted octanol–water partition coefficient (Wildman–Crippen LogP) is -0.725. The molecule has 0 aliphatic heterocycles. The van der Waals surface area contributed by atoms with E-state index in [-0.39, 0.29) is 5.75 Å². The fraction of sp³-hybridized carbons (Fsp3) is 1.00. The maximum Gasteiger partial charge on any atom is 0.211 e. The molecule has 0 aliphatic rings. The molecule has 0 aromatic rings. The molecule has 0 rings (SSSR count). The number of nitrogens with two attached hydrogens (primary N) is 1. The Morgan fingerprint density at radius 1 is 1.50 bits per heavy atom. The van der Waals surface area contributed by atoms with Gasteiger partial charge in [-0.1, -0.05) is 6.92 Å². The van der Waals surface area contributed by atoms with Crippen molar-refractivity contribution in [3.63, 3.8) is 0 Å². The lowest BCUT2D eigenvalue weighted by Gasteiger charge is -2.01. The first-order valence-corrected chi connectivity index (χ1v) is 4.95. The monoisotopic (exact) mass is 166 g/mol. The highest BCUT2D eigenvalue weighted by Gasteiger charge is 2.05. The molecule has 0 radical (unpaired) electrons. The molecule has 0 heterocycles. The van der Waals surface area contributed by atoms with E-state index >= 15 is 0 Å². The molecule has 0 bridgehead atoms. The van der Waals surface area contributed by atoms with Crippen molar-refractivity contribution in [1.29, 1.82) is 0 Å². The zero-order valence-corrected chi connectivity index (χ0v) is 6.95. The lowest BCUT2D eigenvalue weighted by atomic mass is 10.6. The van der Waals surface area contributed by atoms with Crippen molar-refractivity contribution in [2.75, 3.05) is 18.8 Å². The molecule has 10 heavy (non-hydrogen) atoms. The molecule has 0 atom stereocenters. The van der Waals surface area contributed by atoms with Crippen LogP contribution in [0.3, 0.4) is 0 Å². The van der Waals surface area contributed by atoms with Gasteiger partial charge in [0.1, 0.15) is 0 Å². The first-order valence-electron chi connectivity index (χ1n) is 3.30. The van der Waals surface area contributed by atoms with Gasteiger partial charge in [-0.15, -0.1) is 0 Å². The van der Waals surface area contributed by atoms with E-state index in [0.29, 0.717) is 19.5 Å². The van der Waals surface area contributed by atoms with Crippen LogP contribution in [-0.4, -0.2) is 27.3 Å². The molecule has 3 N–H and O–H groups in total. The number of hydrogen-bond acceptors (Lipinski definition) is 3. The summed E-state index contributed by atoms with van der Waals surface area (Å²) in [6.45, 7) is 2.51. The molecule has 0 saturated heterocycles. The summed E-state index contributed by atoms with van der Waals surface area (Å²) in [5.74, 6) is 0.187. The minimum absolute atomic E-state index is 0.187. The molecule has 0 aromatic heterocycles. The van der Waals surface area contributed by atoms with Gasteiger partial charge in [0.25, 0.3) is 0 Å². The van der Waals surface area contributed by atoms with E-state index < -0.39 is 10.0 Å². The number of sulfonamides is 1. The van der Waals surface area contributed by atoms with E-state index in [2.05, 4.69) is 4.72 Å². The topological polar surface area (TPSA) is 72.2 Å². The van der Waals surface area contributed by atoms with Crippen molar-refractivity contribution in [3.8, 4) is 0 Å². The van der Waals surface area contributed by atoms with E-state index in [1.54, 1.807) is 0 Å². The minimum Gasteiger partial charge on any atom is -0.329 e. The second-order valence-corrected chi connectivity index (χ2v) is 3.93. The molecule has 5 heteroatoms. The van der Waals surface area contributed by atoms with Gasteiger partial charge >= 0.3 is 0 Å². The van der Waals surface area contributed by atoms with Gasteiger partial charge in [0.2, 0.25) is 10.0 Å². The third-order valence-electron chi connectivity index (χ3n) is 0.939. The summed E-state index contributed by atoms with van der Waals surface area (Å²) in [6, 6.07) is 0. The van der Waals surface area contributed by atoms with Gasteiger partial charge in [-0.05, 0) is 6.42 Å². The SMILES string of the molecule is CCCS(=O)(=O)NCCN. The molecule has 62 valence electrons. The predicted molar refractivity (Wildman–Crippen MR) is 41.1 cm³/mol. The Balaban J connectivity index is 3.65. The highest BCUT2D eigenvalue weighted by atomic mass is 32.2. The molecular weight excluding hydrogens is 152 g/mol. The van der Waals surface area contributed by atoms with Gasteiger partial charge in [-0.25, -0.2) is 13.1 Å². The zero-order valence-electron chi connectivity index (χ0n) is 6.13. The Hall–Kier alpha value is -0.130. The molecule has 0 aromatic carbocycles. The van der Waals surface area contributed by atoms with E-state index in [9.17, 15) is 8.42 Å². The summed E-state index contributed by atoms with van der Waals surface area (Å²) < 4.78 is 24.0. The first kappa shape index (κ1) is 9.87. The largest absolute Gasteiger partial charge is 0.329 e. The Bertz CT molecular complexity index is 164. The second kappa shape index (κ2) is 4.65. The molecule has 0 fully saturated rings. The van der Waals surface area contributed by atoms with Crippen LogP contribution >= 0.6 is 0 Å². The standard InChI is InChI=1S/C5H14N2O2S/c1-2-5-10(8,9)7-4-3-6/h7H,2-6H2,1H3. The Morgan fingerprint density at radius 3 is 2.50 bits per heavy atom. The van der Waals surface area contributed by atoms with Crippen LogP contribution in [0.25, 0.3) is 0 Å². The second-order valence-electron chi connectivity index (χ2n) is 2.00.